The second kappa shape index (κ2) is 5.53. The number of benzene rings is 1. The van der Waals surface area contributed by atoms with E-state index in [0.717, 1.165) is 36.9 Å². The van der Waals surface area contributed by atoms with Gasteiger partial charge in [0.2, 0.25) is 5.91 Å². The van der Waals surface area contributed by atoms with Crippen molar-refractivity contribution in [3.63, 3.8) is 0 Å². The zero-order chi connectivity index (χ0) is 13.9. The molecular weight excluding hydrogens is 256 g/mol. The molecule has 2 aliphatic rings. The number of nitrogens with one attached hydrogen (secondary N) is 2. The molecule has 1 saturated heterocycles. The first-order valence-corrected chi connectivity index (χ1v) is 7.08. The predicted molar refractivity (Wildman–Crippen MR) is 74.3 cm³/mol. The molecule has 1 atom stereocenters. The first-order chi connectivity index (χ1) is 9.72. The molecule has 2 N–H and O–H groups in total. The van der Waals surface area contributed by atoms with Crippen LogP contribution in [0.3, 0.4) is 0 Å². The van der Waals surface area contributed by atoms with Crippen LogP contribution in [-0.4, -0.2) is 18.5 Å². The number of anilines is 1. The molecule has 0 bridgehead atoms. The fourth-order valence-corrected chi connectivity index (χ4v) is 2.79. The minimum atomic E-state index is -0.381. The smallest absolute Gasteiger partial charge is 0.407 e. The average Bonchev–Trinajstić information content (AvgIpc) is 3.10. The summed E-state index contributed by atoms with van der Waals surface area (Å²) in [6, 6.07) is 7.48. The molecule has 5 heteroatoms. The number of hydrogen-bond acceptors (Lipinski definition) is 3. The molecule has 1 heterocycles. The lowest BCUT2D eigenvalue weighted by Gasteiger charge is -2.12. The molecule has 2 amide bonds. The van der Waals surface area contributed by atoms with E-state index in [1.54, 1.807) is 0 Å². The largest absolute Gasteiger partial charge is 0.439 e. The highest BCUT2D eigenvalue weighted by molar-refractivity contribution is 5.92. The van der Waals surface area contributed by atoms with Crippen molar-refractivity contribution in [2.45, 2.75) is 31.8 Å². The van der Waals surface area contributed by atoms with Crippen LogP contribution in [0.4, 0.5) is 10.5 Å². The van der Waals surface area contributed by atoms with Crippen LogP contribution in [0.15, 0.2) is 24.3 Å². The van der Waals surface area contributed by atoms with Gasteiger partial charge in [-0.3, -0.25) is 4.79 Å². The second-order valence-electron chi connectivity index (χ2n) is 5.37. The van der Waals surface area contributed by atoms with Crippen molar-refractivity contribution < 1.29 is 14.3 Å². The highest BCUT2D eigenvalue weighted by Crippen LogP contribution is 2.27. The van der Waals surface area contributed by atoms with Crippen molar-refractivity contribution in [2.24, 2.45) is 5.92 Å². The van der Waals surface area contributed by atoms with Crippen LogP contribution in [0.1, 0.15) is 37.4 Å². The van der Waals surface area contributed by atoms with Gasteiger partial charge in [0, 0.05) is 11.6 Å². The number of rotatable bonds is 3. The third-order valence-electron chi connectivity index (χ3n) is 3.96. The average molecular weight is 274 g/mol. The van der Waals surface area contributed by atoms with Crippen molar-refractivity contribution in [3.05, 3.63) is 29.8 Å². The summed E-state index contributed by atoms with van der Waals surface area (Å²) in [5, 5.41) is 5.57. The van der Waals surface area contributed by atoms with Gasteiger partial charge in [-0.15, -0.1) is 0 Å². The molecule has 0 radical (unpaired) electrons. The minimum absolute atomic E-state index is 0.115. The summed E-state index contributed by atoms with van der Waals surface area (Å²) in [6.07, 6.45) is 3.67. The summed E-state index contributed by atoms with van der Waals surface area (Å²) < 4.78 is 5.11. The maximum Gasteiger partial charge on any atom is 0.407 e. The van der Waals surface area contributed by atoms with E-state index in [2.05, 4.69) is 10.6 Å². The highest BCUT2D eigenvalue weighted by Gasteiger charge is 2.25. The van der Waals surface area contributed by atoms with Crippen molar-refractivity contribution >= 4 is 17.7 Å². The Kier molecular flexibility index (Phi) is 3.58. The zero-order valence-corrected chi connectivity index (χ0v) is 11.2. The summed E-state index contributed by atoms with van der Waals surface area (Å²) >= 11 is 0. The first kappa shape index (κ1) is 13.0. The van der Waals surface area contributed by atoms with Crippen molar-refractivity contribution in [3.8, 4) is 0 Å². The van der Waals surface area contributed by atoms with E-state index in [1.807, 2.05) is 24.3 Å². The molecule has 106 valence electrons. The van der Waals surface area contributed by atoms with Crippen LogP contribution < -0.4 is 10.6 Å². The van der Waals surface area contributed by atoms with E-state index in [9.17, 15) is 9.59 Å². The molecule has 1 aromatic rings. The molecule has 2 fully saturated rings. The van der Waals surface area contributed by atoms with Crippen LogP contribution in [0, 0.1) is 5.92 Å². The quantitative estimate of drug-likeness (QED) is 0.890. The van der Waals surface area contributed by atoms with Gasteiger partial charge in [-0.25, -0.2) is 4.79 Å². The van der Waals surface area contributed by atoms with Gasteiger partial charge in [0.05, 0.1) is 6.54 Å². The van der Waals surface area contributed by atoms with Crippen molar-refractivity contribution in [1.82, 2.24) is 5.32 Å². The summed E-state index contributed by atoms with van der Waals surface area (Å²) in [5.74, 6) is 0.277. The molecule has 0 spiro atoms. The molecule has 1 saturated carbocycles. The number of cyclic esters (lactones) is 1. The molecule has 5 nitrogen and oxygen atoms in total. The van der Waals surface area contributed by atoms with Gasteiger partial charge in [-0.05, 0) is 30.5 Å². The molecule has 1 aliphatic heterocycles. The third kappa shape index (κ3) is 2.76. The third-order valence-corrected chi connectivity index (χ3v) is 3.96. The molecule has 3 rings (SSSR count). The van der Waals surface area contributed by atoms with E-state index < -0.39 is 0 Å². The Morgan fingerprint density at radius 3 is 2.50 bits per heavy atom. The van der Waals surface area contributed by atoms with Gasteiger partial charge in [0.1, 0.15) is 6.10 Å². The Labute approximate surface area is 117 Å². The Morgan fingerprint density at radius 1 is 1.20 bits per heavy atom. The van der Waals surface area contributed by atoms with E-state index >= 15 is 0 Å². The molecule has 0 aromatic heterocycles. The summed E-state index contributed by atoms with van der Waals surface area (Å²) in [4.78, 5) is 23.0. The van der Waals surface area contributed by atoms with Crippen LogP contribution in [0.2, 0.25) is 0 Å². The van der Waals surface area contributed by atoms with E-state index in [1.165, 1.54) is 0 Å². The lowest BCUT2D eigenvalue weighted by molar-refractivity contribution is -0.119. The van der Waals surface area contributed by atoms with Crippen molar-refractivity contribution in [1.29, 1.82) is 0 Å². The minimum Gasteiger partial charge on any atom is -0.439 e. The molecule has 20 heavy (non-hydrogen) atoms. The number of carbonyl (C=O) groups excluding carboxylic acids is 2. The molecule has 1 aliphatic carbocycles. The second-order valence-corrected chi connectivity index (χ2v) is 5.37. The lowest BCUT2D eigenvalue weighted by Crippen LogP contribution is -2.20. The Balaban J connectivity index is 1.61. The number of ether oxygens (including phenoxy) is 1. The number of amides is 2. The number of alkyl carbamates (subject to hydrolysis) is 1. The van der Waals surface area contributed by atoms with Gasteiger partial charge in [0.25, 0.3) is 0 Å². The fraction of sp³-hybridized carbons (Fsp3) is 0.467. The van der Waals surface area contributed by atoms with Gasteiger partial charge < -0.3 is 15.4 Å². The Hall–Kier alpha value is -2.04. The van der Waals surface area contributed by atoms with Crippen molar-refractivity contribution in [2.75, 3.05) is 11.9 Å². The Morgan fingerprint density at radius 2 is 1.90 bits per heavy atom. The standard InChI is InChI=1S/C15H18N2O3/c18-14(11-3-1-2-4-11)17-12-7-5-10(6-8-12)13-9-16-15(19)20-13/h5-8,11,13H,1-4,9H2,(H,16,19)(H,17,18). The van der Waals surface area contributed by atoms with E-state index in [4.69, 9.17) is 4.74 Å². The monoisotopic (exact) mass is 274 g/mol. The topological polar surface area (TPSA) is 67.4 Å². The van der Waals surface area contributed by atoms with Gasteiger partial charge in [-0.1, -0.05) is 25.0 Å². The molecular formula is C15H18N2O3. The Bertz CT molecular complexity index is 506. The van der Waals surface area contributed by atoms with Gasteiger partial charge >= 0.3 is 6.09 Å². The van der Waals surface area contributed by atoms with Crippen LogP contribution in [0.5, 0.6) is 0 Å². The maximum atomic E-state index is 12.0. The van der Waals surface area contributed by atoms with Gasteiger partial charge in [-0.2, -0.15) is 0 Å². The molecule has 1 aromatic carbocycles. The van der Waals surface area contributed by atoms with Crippen LogP contribution in [-0.2, 0) is 9.53 Å². The maximum absolute atomic E-state index is 12.0. The lowest BCUT2D eigenvalue weighted by atomic mass is 10.1. The van der Waals surface area contributed by atoms with Crippen LogP contribution in [0.25, 0.3) is 0 Å². The summed E-state index contributed by atoms with van der Waals surface area (Å²) in [5.41, 5.74) is 1.73. The van der Waals surface area contributed by atoms with Gasteiger partial charge in [0.15, 0.2) is 0 Å². The van der Waals surface area contributed by atoms with E-state index in [-0.39, 0.29) is 24.0 Å². The fourth-order valence-electron chi connectivity index (χ4n) is 2.79. The summed E-state index contributed by atoms with van der Waals surface area (Å²) in [6.45, 7) is 0.493. The highest BCUT2D eigenvalue weighted by atomic mass is 16.6. The number of carbonyl (C=O) groups is 2. The van der Waals surface area contributed by atoms with Crippen LogP contribution >= 0.6 is 0 Å². The normalized spacial score (nSPS) is 22.4. The molecule has 1 unspecified atom stereocenters. The summed E-state index contributed by atoms with van der Waals surface area (Å²) in [7, 11) is 0. The first-order valence-electron chi connectivity index (χ1n) is 7.08. The number of hydrogen-bond donors (Lipinski definition) is 2. The van der Waals surface area contributed by atoms with E-state index in [0.29, 0.717) is 6.54 Å². The SMILES string of the molecule is O=C1NCC(c2ccc(NC(=O)C3CCCC3)cc2)O1. The predicted octanol–water partition coefficient (Wildman–Crippen LogP) is 2.60. The zero-order valence-electron chi connectivity index (χ0n) is 11.2.